The number of aryl methyl sites for hydroxylation is 2. The van der Waals surface area contributed by atoms with E-state index >= 15 is 0 Å². The third-order valence-electron chi connectivity index (χ3n) is 6.71. The quantitative estimate of drug-likeness (QED) is 0.771. The average Bonchev–Trinajstić information content (AvgIpc) is 3.02. The Morgan fingerprint density at radius 3 is 2.45 bits per heavy atom. The molecule has 6 nitrogen and oxygen atoms in total. The summed E-state index contributed by atoms with van der Waals surface area (Å²) in [6.45, 7) is 4.08. The second-order valence-electron chi connectivity index (χ2n) is 8.72. The van der Waals surface area contributed by atoms with Crippen molar-refractivity contribution >= 4 is 26.8 Å². The predicted octanol–water partition coefficient (Wildman–Crippen LogP) is 3.15. The van der Waals surface area contributed by atoms with Gasteiger partial charge in [-0.25, -0.2) is 8.42 Å². The van der Waals surface area contributed by atoms with Gasteiger partial charge >= 0.3 is 0 Å². The zero-order valence-electron chi connectivity index (χ0n) is 17.6. The molecule has 2 aromatic rings. The second kappa shape index (κ2) is 7.76. The fraction of sp³-hybridized carbons (Fsp3) is 0.591. The number of carbonyl (C=O) groups excluding carboxylic acids is 1. The average molecular weight is 418 g/mol. The highest BCUT2D eigenvalue weighted by molar-refractivity contribution is 7.88. The number of hydrogen-bond donors (Lipinski definition) is 0. The fourth-order valence-electron chi connectivity index (χ4n) is 5.14. The Morgan fingerprint density at radius 1 is 1.03 bits per heavy atom. The Balaban J connectivity index is 1.47. The third kappa shape index (κ3) is 3.94. The van der Waals surface area contributed by atoms with Gasteiger partial charge in [0.1, 0.15) is 5.69 Å². The van der Waals surface area contributed by atoms with Crippen LogP contribution >= 0.6 is 0 Å². The zero-order chi connectivity index (χ0) is 20.8. The van der Waals surface area contributed by atoms with E-state index in [0.717, 1.165) is 48.7 Å². The second-order valence-corrected chi connectivity index (χ2v) is 10.7. The highest BCUT2D eigenvalue weighted by Crippen LogP contribution is 2.32. The molecule has 1 atom stereocenters. The number of aromatic nitrogens is 1. The van der Waals surface area contributed by atoms with Gasteiger partial charge in [0.05, 0.1) is 6.26 Å². The maximum Gasteiger partial charge on any atom is 0.270 e. The van der Waals surface area contributed by atoms with Crippen molar-refractivity contribution in [1.29, 1.82) is 0 Å². The molecule has 1 amide bonds. The minimum atomic E-state index is -3.17. The third-order valence-corrected chi connectivity index (χ3v) is 8.02. The van der Waals surface area contributed by atoms with E-state index in [9.17, 15) is 13.2 Å². The molecule has 0 radical (unpaired) electrons. The van der Waals surface area contributed by atoms with Gasteiger partial charge in [0.15, 0.2) is 0 Å². The van der Waals surface area contributed by atoms with Crippen LogP contribution in [0, 0.1) is 12.8 Å². The number of carbonyl (C=O) groups is 1. The minimum absolute atomic E-state index is 0.0726. The van der Waals surface area contributed by atoms with Crippen molar-refractivity contribution in [2.45, 2.75) is 45.1 Å². The molecule has 158 valence electrons. The fourth-order valence-corrected chi connectivity index (χ4v) is 6.37. The molecule has 4 rings (SSSR count). The molecule has 0 unspecified atom stereocenters. The molecule has 7 heteroatoms. The largest absolute Gasteiger partial charge is 0.340 e. The molecule has 2 aliphatic heterocycles. The normalized spacial score (nSPS) is 22.3. The molecule has 2 fully saturated rings. The monoisotopic (exact) mass is 417 g/mol. The number of amides is 1. The molecule has 0 bridgehead atoms. The Kier molecular flexibility index (Phi) is 5.46. The molecule has 0 saturated carbocycles. The van der Waals surface area contributed by atoms with Crippen molar-refractivity contribution in [3.05, 3.63) is 35.5 Å². The van der Waals surface area contributed by atoms with Crippen molar-refractivity contribution in [2.75, 3.05) is 25.9 Å². The Morgan fingerprint density at radius 2 is 1.76 bits per heavy atom. The number of fused-ring (bicyclic) bond motifs is 1. The van der Waals surface area contributed by atoms with Crippen LogP contribution in [-0.2, 0) is 17.1 Å². The number of sulfonamides is 1. The van der Waals surface area contributed by atoms with Crippen LogP contribution in [-0.4, -0.2) is 60.0 Å². The van der Waals surface area contributed by atoms with E-state index in [2.05, 4.69) is 25.1 Å². The number of benzene rings is 1. The topological polar surface area (TPSA) is 62.6 Å². The lowest BCUT2D eigenvalue weighted by Crippen LogP contribution is -2.50. The summed E-state index contributed by atoms with van der Waals surface area (Å²) in [6.07, 6.45) is 6.03. The molecule has 0 spiro atoms. The Labute approximate surface area is 173 Å². The standard InChI is InChI=1S/C22H31N3O3S/c1-16-7-8-19-18(14-16)15-21(23(19)2)22(26)24-12-9-17(10-13-24)20-6-4-5-11-25(20)29(3,27)28/h7-8,14-15,17,20H,4-6,9-13H2,1-3H3/t20-/m0/s1. The van der Waals surface area contributed by atoms with Gasteiger partial charge in [0.2, 0.25) is 10.0 Å². The first-order valence-corrected chi connectivity index (χ1v) is 12.4. The summed E-state index contributed by atoms with van der Waals surface area (Å²) in [5.41, 5.74) is 2.98. The predicted molar refractivity (Wildman–Crippen MR) is 115 cm³/mol. The van der Waals surface area contributed by atoms with Crippen molar-refractivity contribution in [1.82, 2.24) is 13.8 Å². The van der Waals surface area contributed by atoms with Gasteiger partial charge in [-0.05, 0) is 56.7 Å². The van der Waals surface area contributed by atoms with E-state index in [-0.39, 0.29) is 11.9 Å². The number of hydrogen-bond acceptors (Lipinski definition) is 3. The Bertz CT molecular complexity index is 1020. The van der Waals surface area contributed by atoms with E-state index in [1.165, 1.54) is 11.8 Å². The minimum Gasteiger partial charge on any atom is -0.340 e. The van der Waals surface area contributed by atoms with Gasteiger partial charge in [-0.15, -0.1) is 0 Å². The van der Waals surface area contributed by atoms with Crippen molar-refractivity contribution < 1.29 is 13.2 Å². The van der Waals surface area contributed by atoms with Crippen molar-refractivity contribution in [3.63, 3.8) is 0 Å². The number of rotatable bonds is 3. The van der Waals surface area contributed by atoms with E-state index < -0.39 is 10.0 Å². The van der Waals surface area contributed by atoms with Crippen LogP contribution in [0.4, 0.5) is 0 Å². The molecule has 2 saturated heterocycles. The van der Waals surface area contributed by atoms with Crippen LogP contribution < -0.4 is 0 Å². The van der Waals surface area contributed by atoms with Crippen molar-refractivity contribution in [2.24, 2.45) is 13.0 Å². The first-order valence-electron chi connectivity index (χ1n) is 10.6. The van der Waals surface area contributed by atoms with Gasteiger partial charge < -0.3 is 9.47 Å². The molecule has 2 aliphatic rings. The molecule has 0 aliphatic carbocycles. The van der Waals surface area contributed by atoms with Gasteiger partial charge in [-0.1, -0.05) is 18.1 Å². The highest BCUT2D eigenvalue weighted by Gasteiger charge is 2.37. The maximum absolute atomic E-state index is 13.2. The molecule has 1 aromatic carbocycles. The van der Waals surface area contributed by atoms with Crippen LogP contribution in [0.5, 0.6) is 0 Å². The summed E-state index contributed by atoms with van der Waals surface area (Å²) >= 11 is 0. The lowest BCUT2D eigenvalue weighted by Gasteiger charge is -2.42. The van der Waals surface area contributed by atoms with Gasteiger partial charge in [-0.2, -0.15) is 4.31 Å². The molecule has 29 heavy (non-hydrogen) atoms. The summed E-state index contributed by atoms with van der Waals surface area (Å²) in [4.78, 5) is 15.1. The van der Waals surface area contributed by atoms with Crippen LogP contribution in [0.25, 0.3) is 10.9 Å². The summed E-state index contributed by atoms with van der Waals surface area (Å²) in [5, 5.41) is 1.09. The molecule has 1 aromatic heterocycles. The van der Waals surface area contributed by atoms with Crippen LogP contribution in [0.2, 0.25) is 0 Å². The number of nitrogens with zero attached hydrogens (tertiary/aromatic N) is 3. The van der Waals surface area contributed by atoms with E-state index in [1.807, 2.05) is 22.6 Å². The van der Waals surface area contributed by atoms with Gasteiger partial charge in [0.25, 0.3) is 5.91 Å². The van der Waals surface area contributed by atoms with E-state index in [1.54, 1.807) is 4.31 Å². The summed E-state index contributed by atoms with van der Waals surface area (Å²) in [7, 11) is -1.22. The smallest absolute Gasteiger partial charge is 0.270 e. The van der Waals surface area contributed by atoms with E-state index in [4.69, 9.17) is 0 Å². The summed E-state index contributed by atoms with van der Waals surface area (Å²) < 4.78 is 28.1. The van der Waals surface area contributed by atoms with Gasteiger partial charge in [0, 0.05) is 43.6 Å². The van der Waals surface area contributed by atoms with Gasteiger partial charge in [-0.3, -0.25) is 4.79 Å². The molecular formula is C22H31N3O3S. The van der Waals surface area contributed by atoms with E-state index in [0.29, 0.717) is 25.6 Å². The zero-order valence-corrected chi connectivity index (χ0v) is 18.4. The molecule has 3 heterocycles. The van der Waals surface area contributed by atoms with Crippen molar-refractivity contribution in [3.8, 4) is 0 Å². The maximum atomic E-state index is 13.2. The lowest BCUT2D eigenvalue weighted by atomic mass is 9.85. The SMILES string of the molecule is Cc1ccc2c(c1)cc(C(=O)N1CCC([C@@H]3CCCCN3S(C)(=O)=O)CC1)n2C. The van der Waals surface area contributed by atoms with Crippen LogP contribution in [0.1, 0.15) is 48.2 Å². The molecule has 0 N–H and O–H groups in total. The number of likely N-dealkylation sites (tertiary alicyclic amines) is 1. The molecular weight excluding hydrogens is 386 g/mol. The first kappa shape index (κ1) is 20.4. The summed E-state index contributed by atoms with van der Waals surface area (Å²) in [6, 6.07) is 8.33. The van der Waals surface area contributed by atoms with Crippen LogP contribution in [0.3, 0.4) is 0 Å². The Hall–Kier alpha value is -1.86. The first-order chi connectivity index (χ1) is 13.8. The lowest BCUT2D eigenvalue weighted by molar-refractivity contribution is 0.0612. The summed E-state index contributed by atoms with van der Waals surface area (Å²) in [5.74, 6) is 0.410. The van der Waals surface area contributed by atoms with Crippen LogP contribution in [0.15, 0.2) is 24.3 Å². The number of piperidine rings is 2. The highest BCUT2D eigenvalue weighted by atomic mass is 32.2.